The molecule has 9 nitrogen and oxygen atoms in total. The van der Waals surface area contributed by atoms with Crippen LogP contribution in [0.4, 0.5) is 5.69 Å². The molecule has 0 bridgehead atoms. The number of imidazole rings is 1. The van der Waals surface area contributed by atoms with Crippen LogP contribution in [0.25, 0.3) is 11.2 Å². The Morgan fingerprint density at radius 2 is 1.78 bits per heavy atom. The molecule has 0 atom stereocenters. The number of anilines is 1. The largest absolute Gasteiger partial charge is 0.333 e. The maximum absolute atomic E-state index is 13.7. The van der Waals surface area contributed by atoms with Gasteiger partial charge in [0.25, 0.3) is 5.56 Å². The van der Waals surface area contributed by atoms with Gasteiger partial charge in [0.2, 0.25) is 5.91 Å². The highest BCUT2D eigenvalue weighted by Crippen LogP contribution is 2.31. The second-order valence-corrected chi connectivity index (χ2v) is 10.0. The third-order valence-corrected chi connectivity index (χ3v) is 7.54. The van der Waals surface area contributed by atoms with Crippen molar-refractivity contribution < 1.29 is 4.79 Å². The summed E-state index contributed by atoms with van der Waals surface area (Å²) in [5.41, 5.74) is 0.999. The van der Waals surface area contributed by atoms with E-state index in [9.17, 15) is 14.4 Å². The van der Waals surface area contributed by atoms with E-state index in [-0.39, 0.29) is 18.3 Å². The van der Waals surface area contributed by atoms with E-state index in [1.165, 1.54) is 16.3 Å². The second kappa shape index (κ2) is 10.9. The highest BCUT2D eigenvalue weighted by molar-refractivity contribution is 7.99. The van der Waals surface area contributed by atoms with Crippen molar-refractivity contribution in [3.8, 4) is 6.07 Å². The molecule has 2 heterocycles. The number of benzene rings is 2. The van der Waals surface area contributed by atoms with Crippen LogP contribution < -0.4 is 16.6 Å². The van der Waals surface area contributed by atoms with Gasteiger partial charge >= 0.3 is 5.69 Å². The first kappa shape index (κ1) is 24.6. The van der Waals surface area contributed by atoms with E-state index < -0.39 is 23.7 Å². The molecule has 1 fully saturated rings. The molecule has 0 spiro atoms. The van der Waals surface area contributed by atoms with E-state index in [2.05, 4.69) is 16.4 Å². The summed E-state index contributed by atoms with van der Waals surface area (Å²) >= 11 is 1.30. The number of rotatable bonds is 8. The SMILES string of the molecule is N#CCSc1ccccc1NC(=O)Cn1c(=O)c2c(ncn2C2CCCC2)n(Cc2ccccc2)c1=O. The van der Waals surface area contributed by atoms with Gasteiger partial charge in [-0.05, 0) is 30.5 Å². The van der Waals surface area contributed by atoms with Crippen molar-refractivity contribution in [1.82, 2.24) is 18.7 Å². The lowest BCUT2D eigenvalue weighted by Crippen LogP contribution is -2.43. The van der Waals surface area contributed by atoms with Crippen LogP contribution in [-0.4, -0.2) is 30.3 Å². The fourth-order valence-electron chi connectivity index (χ4n) is 4.85. The van der Waals surface area contributed by atoms with Gasteiger partial charge in [0.1, 0.15) is 6.54 Å². The average Bonchev–Trinajstić information content (AvgIpc) is 3.60. The van der Waals surface area contributed by atoms with E-state index in [4.69, 9.17) is 5.26 Å². The van der Waals surface area contributed by atoms with Crippen LogP contribution in [0, 0.1) is 11.3 Å². The van der Waals surface area contributed by atoms with E-state index >= 15 is 0 Å². The van der Waals surface area contributed by atoms with Crippen LogP contribution in [-0.2, 0) is 17.9 Å². The zero-order chi connectivity index (χ0) is 25.8. The van der Waals surface area contributed by atoms with Gasteiger partial charge < -0.3 is 9.88 Å². The number of nitriles is 1. The highest BCUT2D eigenvalue weighted by Gasteiger charge is 2.25. The number of hydrogen-bond donors (Lipinski definition) is 1. The van der Waals surface area contributed by atoms with Gasteiger partial charge in [-0.2, -0.15) is 5.26 Å². The first-order valence-corrected chi connectivity index (χ1v) is 13.2. The fourth-order valence-corrected chi connectivity index (χ4v) is 5.52. The molecule has 1 aliphatic rings. The minimum atomic E-state index is -0.583. The zero-order valence-corrected chi connectivity index (χ0v) is 21.0. The molecule has 1 N–H and O–H groups in total. The first-order chi connectivity index (χ1) is 18.1. The number of carbonyl (C=O) groups is 1. The smallest absolute Gasteiger partial charge is 0.324 e. The van der Waals surface area contributed by atoms with E-state index in [1.54, 1.807) is 18.5 Å². The Bertz CT molecular complexity index is 1590. The van der Waals surface area contributed by atoms with Crippen molar-refractivity contribution in [2.75, 3.05) is 11.1 Å². The Labute approximate surface area is 217 Å². The van der Waals surface area contributed by atoms with Gasteiger partial charge in [-0.25, -0.2) is 14.3 Å². The Morgan fingerprint density at radius 3 is 2.54 bits per heavy atom. The normalized spacial score (nSPS) is 13.6. The molecule has 4 aromatic rings. The van der Waals surface area contributed by atoms with Crippen molar-refractivity contribution in [1.29, 1.82) is 5.26 Å². The molecule has 37 heavy (non-hydrogen) atoms. The van der Waals surface area contributed by atoms with Crippen molar-refractivity contribution >= 4 is 34.5 Å². The molecule has 5 rings (SSSR count). The number of carbonyl (C=O) groups excluding carboxylic acids is 1. The molecule has 10 heteroatoms. The van der Waals surface area contributed by atoms with Crippen LogP contribution in [0.3, 0.4) is 0 Å². The molecule has 2 aromatic carbocycles. The number of hydrogen-bond acceptors (Lipinski definition) is 6. The summed E-state index contributed by atoms with van der Waals surface area (Å²) in [6, 6.07) is 18.8. The van der Waals surface area contributed by atoms with Crippen LogP contribution in [0.2, 0.25) is 0 Å². The van der Waals surface area contributed by atoms with E-state index in [1.807, 2.05) is 47.0 Å². The minimum Gasteiger partial charge on any atom is -0.324 e. The Hall–Kier alpha value is -4.10. The Morgan fingerprint density at radius 1 is 1.05 bits per heavy atom. The molecule has 2 aromatic heterocycles. The summed E-state index contributed by atoms with van der Waals surface area (Å²) in [6.07, 6.45) is 5.69. The van der Waals surface area contributed by atoms with Gasteiger partial charge in [0.05, 0.1) is 30.4 Å². The van der Waals surface area contributed by atoms with Crippen LogP contribution in [0.5, 0.6) is 0 Å². The van der Waals surface area contributed by atoms with Gasteiger partial charge in [0.15, 0.2) is 11.2 Å². The van der Waals surface area contributed by atoms with Gasteiger partial charge in [-0.15, -0.1) is 11.8 Å². The predicted molar refractivity (Wildman–Crippen MR) is 143 cm³/mol. The number of aromatic nitrogens is 4. The number of para-hydroxylation sites is 1. The van der Waals surface area contributed by atoms with Gasteiger partial charge in [-0.3, -0.25) is 14.2 Å². The second-order valence-electron chi connectivity index (χ2n) is 9.00. The molecular formula is C27H26N6O3S. The molecule has 0 unspecified atom stereocenters. The maximum Gasteiger partial charge on any atom is 0.333 e. The lowest BCUT2D eigenvalue weighted by molar-refractivity contribution is -0.116. The zero-order valence-electron chi connectivity index (χ0n) is 20.2. The average molecular weight is 515 g/mol. The molecule has 1 amide bonds. The Kier molecular flexibility index (Phi) is 7.23. The summed E-state index contributed by atoms with van der Waals surface area (Å²) in [5, 5.41) is 11.7. The number of fused-ring (bicyclic) bond motifs is 1. The minimum absolute atomic E-state index is 0.145. The molecule has 0 saturated heterocycles. The number of amides is 1. The van der Waals surface area contributed by atoms with Crippen molar-refractivity contribution in [2.24, 2.45) is 0 Å². The van der Waals surface area contributed by atoms with E-state index in [0.717, 1.165) is 40.7 Å². The quantitative estimate of drug-likeness (QED) is 0.358. The molecule has 0 radical (unpaired) electrons. The highest BCUT2D eigenvalue weighted by atomic mass is 32.2. The van der Waals surface area contributed by atoms with E-state index in [0.29, 0.717) is 16.9 Å². The maximum atomic E-state index is 13.7. The summed E-state index contributed by atoms with van der Waals surface area (Å²) in [5.74, 6) is -0.264. The van der Waals surface area contributed by atoms with Crippen LogP contribution in [0.15, 0.2) is 75.4 Å². The fraction of sp³-hybridized carbons (Fsp3) is 0.296. The predicted octanol–water partition coefficient (Wildman–Crippen LogP) is 3.78. The lowest BCUT2D eigenvalue weighted by atomic mass is 10.2. The third kappa shape index (κ3) is 5.08. The number of nitrogens with zero attached hydrogens (tertiary/aromatic N) is 5. The van der Waals surface area contributed by atoms with Crippen molar-refractivity contribution in [3.05, 3.63) is 87.3 Å². The topological polar surface area (TPSA) is 115 Å². The number of thioether (sulfide) groups is 1. The number of nitrogens with one attached hydrogen (secondary N) is 1. The third-order valence-electron chi connectivity index (χ3n) is 6.60. The lowest BCUT2D eigenvalue weighted by Gasteiger charge is -2.16. The Balaban J connectivity index is 1.55. The van der Waals surface area contributed by atoms with Crippen LogP contribution >= 0.6 is 11.8 Å². The summed E-state index contributed by atoms with van der Waals surface area (Å²) < 4.78 is 4.36. The molecular weight excluding hydrogens is 488 g/mol. The van der Waals surface area contributed by atoms with Gasteiger partial charge in [0, 0.05) is 10.9 Å². The first-order valence-electron chi connectivity index (χ1n) is 12.2. The summed E-state index contributed by atoms with van der Waals surface area (Å²) in [6.45, 7) is -0.205. The monoisotopic (exact) mass is 514 g/mol. The molecule has 0 aliphatic heterocycles. The van der Waals surface area contributed by atoms with Gasteiger partial charge in [-0.1, -0.05) is 55.3 Å². The molecule has 1 aliphatic carbocycles. The van der Waals surface area contributed by atoms with Crippen molar-refractivity contribution in [3.63, 3.8) is 0 Å². The van der Waals surface area contributed by atoms with Crippen LogP contribution in [0.1, 0.15) is 37.3 Å². The standard InChI is InChI=1S/C27H26N6O3S/c28-14-15-37-22-13-7-6-12-21(22)30-23(34)17-32-26(35)24-25(29-18-33(24)20-10-4-5-11-20)31(27(32)36)16-19-8-2-1-3-9-19/h1-3,6-9,12-13,18,20H,4-5,10-11,15-17H2,(H,30,34). The summed E-state index contributed by atoms with van der Waals surface area (Å²) in [4.78, 5) is 45.6. The molecule has 1 saturated carbocycles. The summed E-state index contributed by atoms with van der Waals surface area (Å²) in [7, 11) is 0. The molecule has 188 valence electrons. The van der Waals surface area contributed by atoms with Crippen molar-refractivity contribution in [2.45, 2.75) is 49.7 Å².